The zero-order valence-corrected chi connectivity index (χ0v) is 10.9. The fourth-order valence-electron chi connectivity index (χ4n) is 2.13. The van der Waals surface area contributed by atoms with E-state index in [9.17, 15) is 14.0 Å². The standard InChI is InChI=1S/C15H17FO3/c1-19-15(18)13(14(17)11-5-6-11)9-4-10-2-7-12(16)8-3-10/h2-3,7-8,11,13H,4-6,9H2,1H3. The fourth-order valence-corrected chi connectivity index (χ4v) is 2.13. The Labute approximate surface area is 111 Å². The van der Waals surface area contributed by atoms with E-state index in [1.165, 1.54) is 19.2 Å². The largest absolute Gasteiger partial charge is 0.468 e. The van der Waals surface area contributed by atoms with Crippen molar-refractivity contribution >= 4 is 11.8 Å². The number of Topliss-reactive ketones (excluding diaryl/α,β-unsaturated/α-hetero) is 1. The number of ketones is 1. The topological polar surface area (TPSA) is 43.4 Å². The van der Waals surface area contributed by atoms with E-state index < -0.39 is 11.9 Å². The van der Waals surface area contributed by atoms with Crippen molar-refractivity contribution in [2.75, 3.05) is 7.11 Å². The van der Waals surface area contributed by atoms with Crippen LogP contribution >= 0.6 is 0 Å². The molecule has 1 unspecified atom stereocenters. The monoisotopic (exact) mass is 264 g/mol. The molecule has 1 atom stereocenters. The number of esters is 1. The summed E-state index contributed by atoms with van der Waals surface area (Å²) in [7, 11) is 1.30. The normalized spacial score (nSPS) is 15.9. The Morgan fingerprint density at radius 3 is 2.47 bits per heavy atom. The average Bonchev–Trinajstić information content (AvgIpc) is 3.24. The summed E-state index contributed by atoms with van der Waals surface area (Å²) in [6, 6.07) is 6.10. The van der Waals surface area contributed by atoms with Crippen LogP contribution < -0.4 is 0 Å². The molecule has 1 aromatic carbocycles. The summed E-state index contributed by atoms with van der Waals surface area (Å²) in [5.41, 5.74) is 0.916. The first-order chi connectivity index (χ1) is 9.11. The van der Waals surface area contributed by atoms with Gasteiger partial charge in [0, 0.05) is 5.92 Å². The highest BCUT2D eigenvalue weighted by Crippen LogP contribution is 2.34. The number of methoxy groups -OCH3 is 1. The Hall–Kier alpha value is -1.71. The number of hydrogen-bond donors (Lipinski definition) is 0. The lowest BCUT2D eigenvalue weighted by atomic mass is 9.93. The molecule has 3 nitrogen and oxygen atoms in total. The van der Waals surface area contributed by atoms with E-state index in [1.54, 1.807) is 12.1 Å². The van der Waals surface area contributed by atoms with E-state index in [4.69, 9.17) is 4.74 Å². The highest BCUT2D eigenvalue weighted by atomic mass is 19.1. The summed E-state index contributed by atoms with van der Waals surface area (Å²) in [6.07, 6.45) is 2.75. The van der Waals surface area contributed by atoms with Crippen molar-refractivity contribution in [3.8, 4) is 0 Å². The lowest BCUT2D eigenvalue weighted by Crippen LogP contribution is -2.27. The van der Waals surface area contributed by atoms with Crippen molar-refractivity contribution < 1.29 is 18.7 Å². The van der Waals surface area contributed by atoms with Gasteiger partial charge in [-0.1, -0.05) is 12.1 Å². The van der Waals surface area contributed by atoms with Gasteiger partial charge in [0.2, 0.25) is 0 Å². The zero-order valence-electron chi connectivity index (χ0n) is 10.9. The Morgan fingerprint density at radius 2 is 1.95 bits per heavy atom. The van der Waals surface area contributed by atoms with Crippen LogP contribution in [-0.2, 0) is 20.7 Å². The second-order valence-electron chi connectivity index (χ2n) is 4.92. The molecule has 0 heterocycles. The maximum Gasteiger partial charge on any atom is 0.316 e. The van der Waals surface area contributed by atoms with Gasteiger partial charge < -0.3 is 4.74 Å². The van der Waals surface area contributed by atoms with Gasteiger partial charge in [-0.05, 0) is 43.4 Å². The number of ether oxygens (including phenoxy) is 1. The van der Waals surface area contributed by atoms with Gasteiger partial charge in [0.1, 0.15) is 17.5 Å². The third-order valence-electron chi connectivity index (χ3n) is 3.44. The van der Waals surface area contributed by atoms with Crippen LogP contribution in [0.4, 0.5) is 4.39 Å². The minimum Gasteiger partial charge on any atom is -0.468 e. The van der Waals surface area contributed by atoms with E-state index in [1.807, 2.05) is 0 Å². The molecular weight excluding hydrogens is 247 g/mol. The third kappa shape index (κ3) is 3.63. The van der Waals surface area contributed by atoms with Crippen LogP contribution in [-0.4, -0.2) is 18.9 Å². The van der Waals surface area contributed by atoms with Gasteiger partial charge in [-0.25, -0.2) is 4.39 Å². The minimum atomic E-state index is -0.678. The molecule has 1 fully saturated rings. The van der Waals surface area contributed by atoms with E-state index in [-0.39, 0.29) is 17.5 Å². The van der Waals surface area contributed by atoms with Gasteiger partial charge in [0.25, 0.3) is 0 Å². The summed E-state index contributed by atoms with van der Waals surface area (Å²) >= 11 is 0. The lowest BCUT2D eigenvalue weighted by molar-refractivity contribution is -0.150. The molecule has 4 heteroatoms. The first-order valence-electron chi connectivity index (χ1n) is 6.48. The van der Waals surface area contributed by atoms with Crippen molar-refractivity contribution in [3.63, 3.8) is 0 Å². The number of rotatable bonds is 6. The van der Waals surface area contributed by atoms with Gasteiger partial charge in [0.15, 0.2) is 0 Å². The number of carbonyl (C=O) groups excluding carboxylic acids is 2. The second-order valence-corrected chi connectivity index (χ2v) is 4.92. The molecule has 1 aliphatic carbocycles. The highest BCUT2D eigenvalue weighted by molar-refractivity contribution is 6.01. The van der Waals surface area contributed by atoms with E-state index in [2.05, 4.69) is 0 Å². The van der Waals surface area contributed by atoms with Crippen molar-refractivity contribution in [2.24, 2.45) is 11.8 Å². The van der Waals surface area contributed by atoms with Crippen molar-refractivity contribution in [3.05, 3.63) is 35.6 Å². The quantitative estimate of drug-likeness (QED) is 0.585. The van der Waals surface area contributed by atoms with Crippen molar-refractivity contribution in [1.82, 2.24) is 0 Å². The zero-order chi connectivity index (χ0) is 13.8. The van der Waals surface area contributed by atoms with Crippen LogP contribution in [0.1, 0.15) is 24.8 Å². The van der Waals surface area contributed by atoms with Gasteiger partial charge in [-0.3, -0.25) is 9.59 Å². The van der Waals surface area contributed by atoms with Crippen LogP contribution in [0.15, 0.2) is 24.3 Å². The van der Waals surface area contributed by atoms with E-state index in [0.717, 1.165) is 18.4 Å². The predicted molar refractivity (Wildman–Crippen MR) is 68.0 cm³/mol. The van der Waals surface area contributed by atoms with Crippen LogP contribution in [0.25, 0.3) is 0 Å². The van der Waals surface area contributed by atoms with Crippen LogP contribution in [0.3, 0.4) is 0 Å². The lowest BCUT2D eigenvalue weighted by Gasteiger charge is -2.13. The fraction of sp³-hybridized carbons (Fsp3) is 0.467. The van der Waals surface area contributed by atoms with Gasteiger partial charge >= 0.3 is 5.97 Å². The first kappa shape index (κ1) is 13.7. The highest BCUT2D eigenvalue weighted by Gasteiger charge is 2.38. The number of aryl methyl sites for hydroxylation is 1. The molecule has 2 rings (SSSR count). The van der Waals surface area contributed by atoms with E-state index in [0.29, 0.717) is 12.8 Å². The molecule has 0 radical (unpaired) electrons. The van der Waals surface area contributed by atoms with Crippen LogP contribution in [0.5, 0.6) is 0 Å². The molecule has 102 valence electrons. The summed E-state index contributed by atoms with van der Waals surface area (Å²) in [6.45, 7) is 0. The van der Waals surface area contributed by atoms with Crippen LogP contribution in [0.2, 0.25) is 0 Å². The molecule has 0 saturated heterocycles. The average molecular weight is 264 g/mol. The molecule has 0 spiro atoms. The van der Waals surface area contributed by atoms with Gasteiger partial charge in [-0.2, -0.15) is 0 Å². The summed E-state index contributed by atoms with van der Waals surface area (Å²) in [4.78, 5) is 23.7. The second kappa shape index (κ2) is 5.95. The Balaban J connectivity index is 1.97. The molecule has 0 aliphatic heterocycles. The molecule has 0 bridgehead atoms. The Morgan fingerprint density at radius 1 is 1.32 bits per heavy atom. The number of benzene rings is 1. The van der Waals surface area contributed by atoms with Crippen molar-refractivity contribution in [2.45, 2.75) is 25.7 Å². The molecule has 0 N–H and O–H groups in total. The number of halogens is 1. The Bertz CT molecular complexity index is 463. The Kier molecular flexibility index (Phi) is 4.30. The molecule has 1 saturated carbocycles. The molecule has 19 heavy (non-hydrogen) atoms. The van der Waals surface area contributed by atoms with Gasteiger partial charge in [0.05, 0.1) is 7.11 Å². The smallest absolute Gasteiger partial charge is 0.316 e. The maximum absolute atomic E-state index is 12.8. The number of carbonyl (C=O) groups is 2. The minimum absolute atomic E-state index is 0.00559. The van der Waals surface area contributed by atoms with Crippen molar-refractivity contribution in [1.29, 1.82) is 0 Å². The summed E-state index contributed by atoms with van der Waals surface area (Å²) < 4.78 is 17.5. The molecule has 1 aromatic rings. The van der Waals surface area contributed by atoms with Crippen LogP contribution in [0, 0.1) is 17.7 Å². The SMILES string of the molecule is COC(=O)C(CCc1ccc(F)cc1)C(=O)C1CC1. The van der Waals surface area contributed by atoms with Gasteiger partial charge in [-0.15, -0.1) is 0 Å². The third-order valence-corrected chi connectivity index (χ3v) is 3.44. The number of hydrogen-bond acceptors (Lipinski definition) is 3. The molecular formula is C15H17FO3. The molecule has 0 aromatic heterocycles. The van der Waals surface area contributed by atoms with E-state index >= 15 is 0 Å². The molecule has 0 amide bonds. The predicted octanol–water partition coefficient (Wildman–Crippen LogP) is 2.53. The first-order valence-corrected chi connectivity index (χ1v) is 6.48. The summed E-state index contributed by atoms with van der Waals surface area (Å²) in [5, 5.41) is 0. The summed E-state index contributed by atoms with van der Waals surface area (Å²) in [5.74, 6) is -1.39. The maximum atomic E-state index is 12.8. The molecule has 1 aliphatic rings.